The van der Waals surface area contributed by atoms with Gasteiger partial charge in [-0.15, -0.1) is 0 Å². The molecule has 18 heavy (non-hydrogen) atoms. The van der Waals surface area contributed by atoms with Crippen LogP contribution in [0.2, 0.25) is 5.02 Å². The van der Waals surface area contributed by atoms with Crippen LogP contribution in [0.5, 0.6) is 0 Å². The Morgan fingerprint density at radius 3 is 3.11 bits per heavy atom. The van der Waals surface area contributed by atoms with Gasteiger partial charge in [0, 0.05) is 16.8 Å². The molecule has 2 aromatic heterocycles. The third kappa shape index (κ3) is 2.28. The molecule has 0 unspecified atom stereocenters. The first-order chi connectivity index (χ1) is 8.81. The predicted octanol–water partition coefficient (Wildman–Crippen LogP) is 2.41. The lowest BCUT2D eigenvalue weighted by Crippen LogP contribution is -2.17. The summed E-state index contributed by atoms with van der Waals surface area (Å²) in [7, 11) is 0. The SMILES string of the molecule is Clc1cccc(NCc2c[n+]3cccnc3[nH]2)c1. The molecule has 0 fully saturated rings. The second-order valence-corrected chi connectivity index (χ2v) is 4.43. The molecule has 0 radical (unpaired) electrons. The maximum atomic E-state index is 5.93. The minimum Gasteiger partial charge on any atom is -0.378 e. The van der Waals surface area contributed by atoms with Gasteiger partial charge in [0.05, 0.1) is 12.7 Å². The van der Waals surface area contributed by atoms with E-state index in [2.05, 4.69) is 15.3 Å². The molecule has 0 aliphatic carbocycles. The van der Waals surface area contributed by atoms with Crippen molar-refractivity contribution in [3.05, 3.63) is 59.6 Å². The molecule has 0 aliphatic heterocycles. The van der Waals surface area contributed by atoms with E-state index in [-0.39, 0.29) is 0 Å². The lowest BCUT2D eigenvalue weighted by molar-refractivity contribution is -0.512. The third-order valence-corrected chi connectivity index (χ3v) is 2.88. The number of imidazole rings is 1. The van der Waals surface area contributed by atoms with Gasteiger partial charge in [0.15, 0.2) is 0 Å². The number of aromatic amines is 1. The molecule has 2 N–H and O–H groups in total. The Balaban J connectivity index is 1.76. The van der Waals surface area contributed by atoms with Crippen LogP contribution in [0, 0.1) is 0 Å². The van der Waals surface area contributed by atoms with E-state index in [1.807, 2.05) is 47.1 Å². The summed E-state index contributed by atoms with van der Waals surface area (Å²) >= 11 is 5.93. The van der Waals surface area contributed by atoms with E-state index in [1.165, 1.54) is 0 Å². The van der Waals surface area contributed by atoms with E-state index in [0.29, 0.717) is 6.54 Å². The van der Waals surface area contributed by atoms with Gasteiger partial charge in [-0.05, 0) is 18.2 Å². The molecule has 2 heterocycles. The van der Waals surface area contributed by atoms with Crippen molar-refractivity contribution in [2.45, 2.75) is 6.54 Å². The van der Waals surface area contributed by atoms with Crippen LogP contribution >= 0.6 is 11.6 Å². The molecule has 0 saturated heterocycles. The highest BCUT2D eigenvalue weighted by Crippen LogP contribution is 2.15. The smallest absolute Gasteiger partial charge is 0.378 e. The first-order valence-electron chi connectivity index (χ1n) is 5.64. The summed E-state index contributed by atoms with van der Waals surface area (Å²) in [4.78, 5) is 7.47. The van der Waals surface area contributed by atoms with Crippen LogP contribution in [0.15, 0.2) is 48.9 Å². The molecular formula is C13H12ClN4+. The maximum Gasteiger partial charge on any atom is 0.400 e. The fourth-order valence-corrected chi connectivity index (χ4v) is 2.00. The Hall–Kier alpha value is -2.07. The van der Waals surface area contributed by atoms with Gasteiger partial charge in [-0.1, -0.05) is 22.7 Å². The van der Waals surface area contributed by atoms with Gasteiger partial charge in [0.25, 0.3) is 0 Å². The molecule has 1 aromatic carbocycles. The first kappa shape index (κ1) is 11.0. The number of fused-ring (bicyclic) bond motifs is 1. The number of benzene rings is 1. The Bertz CT molecular complexity index is 644. The van der Waals surface area contributed by atoms with Crippen LogP contribution in [0.1, 0.15) is 5.69 Å². The summed E-state index contributed by atoms with van der Waals surface area (Å²) in [5.41, 5.74) is 2.06. The Kier molecular flexibility index (Phi) is 2.86. The molecule has 0 atom stereocenters. The molecule has 0 aliphatic rings. The third-order valence-electron chi connectivity index (χ3n) is 2.65. The number of rotatable bonds is 3. The molecule has 4 nitrogen and oxygen atoms in total. The van der Waals surface area contributed by atoms with Crippen molar-refractivity contribution in [2.75, 3.05) is 5.32 Å². The molecule has 0 spiro atoms. The topological polar surface area (TPSA) is 44.8 Å². The lowest BCUT2D eigenvalue weighted by atomic mass is 10.3. The number of nitrogens with zero attached hydrogens (tertiary/aromatic N) is 2. The average Bonchev–Trinajstić information content (AvgIpc) is 2.79. The highest BCUT2D eigenvalue weighted by Gasteiger charge is 2.07. The molecule has 90 valence electrons. The van der Waals surface area contributed by atoms with Crippen molar-refractivity contribution in [3.63, 3.8) is 0 Å². The zero-order chi connectivity index (χ0) is 12.4. The Labute approximate surface area is 109 Å². The second kappa shape index (κ2) is 4.66. The van der Waals surface area contributed by atoms with Crippen molar-refractivity contribution < 1.29 is 4.40 Å². The number of hydrogen-bond donors (Lipinski definition) is 2. The monoisotopic (exact) mass is 259 g/mol. The first-order valence-corrected chi connectivity index (χ1v) is 6.02. The zero-order valence-electron chi connectivity index (χ0n) is 9.60. The fraction of sp³-hybridized carbons (Fsp3) is 0.0769. The van der Waals surface area contributed by atoms with Crippen LogP contribution < -0.4 is 9.72 Å². The number of H-pyrrole nitrogens is 1. The summed E-state index contributed by atoms with van der Waals surface area (Å²) in [6.45, 7) is 0.698. The largest absolute Gasteiger partial charge is 0.400 e. The zero-order valence-corrected chi connectivity index (χ0v) is 10.4. The van der Waals surface area contributed by atoms with Crippen molar-refractivity contribution >= 4 is 23.1 Å². The van der Waals surface area contributed by atoms with Crippen LogP contribution in [0.4, 0.5) is 5.69 Å². The summed E-state index contributed by atoms with van der Waals surface area (Å²) in [6.07, 6.45) is 5.74. The normalized spacial score (nSPS) is 10.7. The van der Waals surface area contributed by atoms with E-state index in [0.717, 1.165) is 22.2 Å². The molecule has 0 saturated carbocycles. The van der Waals surface area contributed by atoms with Gasteiger partial charge < -0.3 is 5.32 Å². The van der Waals surface area contributed by atoms with Crippen molar-refractivity contribution in [3.8, 4) is 0 Å². The Morgan fingerprint density at radius 1 is 1.33 bits per heavy atom. The highest BCUT2D eigenvalue weighted by atomic mass is 35.5. The summed E-state index contributed by atoms with van der Waals surface area (Å²) < 4.78 is 1.95. The Morgan fingerprint density at radius 2 is 2.28 bits per heavy atom. The molecule has 5 heteroatoms. The summed E-state index contributed by atoms with van der Waals surface area (Å²) in [5, 5.41) is 4.04. The lowest BCUT2D eigenvalue weighted by Gasteiger charge is -2.03. The molecule has 3 aromatic rings. The van der Waals surface area contributed by atoms with Crippen molar-refractivity contribution in [1.82, 2.24) is 9.97 Å². The minimum absolute atomic E-state index is 0.698. The standard InChI is InChI=1S/C13H11ClN4/c14-10-3-1-4-11(7-10)16-8-12-9-18-6-2-5-15-13(18)17-12/h1-7,9,16H,8H2/p+1. The van der Waals surface area contributed by atoms with Gasteiger partial charge >= 0.3 is 5.78 Å². The fourth-order valence-electron chi connectivity index (χ4n) is 1.81. The molecular weight excluding hydrogens is 248 g/mol. The van der Waals surface area contributed by atoms with Crippen LogP contribution in [-0.4, -0.2) is 9.97 Å². The second-order valence-electron chi connectivity index (χ2n) is 3.99. The van der Waals surface area contributed by atoms with Gasteiger partial charge in [0.2, 0.25) is 0 Å². The molecule has 0 bridgehead atoms. The van der Waals surface area contributed by atoms with E-state index >= 15 is 0 Å². The number of anilines is 1. The van der Waals surface area contributed by atoms with Crippen LogP contribution in [0.3, 0.4) is 0 Å². The van der Waals surface area contributed by atoms with Crippen molar-refractivity contribution in [2.24, 2.45) is 0 Å². The number of hydrogen-bond acceptors (Lipinski definition) is 2. The number of aromatic nitrogens is 3. The van der Waals surface area contributed by atoms with Gasteiger partial charge in [-0.2, -0.15) is 0 Å². The van der Waals surface area contributed by atoms with Crippen LogP contribution in [0.25, 0.3) is 5.78 Å². The van der Waals surface area contributed by atoms with Crippen LogP contribution in [-0.2, 0) is 6.54 Å². The quantitative estimate of drug-likeness (QED) is 0.710. The molecule has 3 rings (SSSR count). The number of nitrogens with one attached hydrogen (secondary N) is 2. The summed E-state index contributed by atoms with van der Waals surface area (Å²) in [6, 6.07) is 9.56. The van der Waals surface area contributed by atoms with E-state index in [4.69, 9.17) is 11.6 Å². The number of halogens is 1. The summed E-state index contributed by atoms with van der Waals surface area (Å²) in [5.74, 6) is 0.834. The average molecular weight is 260 g/mol. The van der Waals surface area contributed by atoms with E-state index in [9.17, 15) is 0 Å². The van der Waals surface area contributed by atoms with Gasteiger partial charge in [-0.3, -0.25) is 0 Å². The minimum atomic E-state index is 0.698. The van der Waals surface area contributed by atoms with E-state index in [1.54, 1.807) is 6.20 Å². The van der Waals surface area contributed by atoms with Gasteiger partial charge in [0.1, 0.15) is 18.1 Å². The van der Waals surface area contributed by atoms with Gasteiger partial charge in [-0.25, -0.2) is 9.38 Å². The predicted molar refractivity (Wildman–Crippen MR) is 70.5 cm³/mol. The molecule has 0 amide bonds. The maximum absolute atomic E-state index is 5.93. The van der Waals surface area contributed by atoms with Crippen molar-refractivity contribution in [1.29, 1.82) is 0 Å². The van der Waals surface area contributed by atoms with E-state index < -0.39 is 0 Å². The highest BCUT2D eigenvalue weighted by molar-refractivity contribution is 6.30.